The number of thiol groups is 1. The lowest BCUT2D eigenvalue weighted by Crippen LogP contribution is -2.06. The number of nitrogens with two attached hydrogens (primary N) is 1. The van der Waals surface area contributed by atoms with Gasteiger partial charge in [-0.25, -0.2) is 4.79 Å². The molecule has 0 aliphatic heterocycles. The Balaban J connectivity index is 3.10. The van der Waals surface area contributed by atoms with Crippen molar-refractivity contribution in [3.63, 3.8) is 0 Å². The van der Waals surface area contributed by atoms with Crippen LogP contribution in [-0.4, -0.2) is 18.8 Å². The molecule has 0 fully saturated rings. The van der Waals surface area contributed by atoms with Crippen LogP contribution in [0.25, 0.3) is 6.08 Å². The Kier molecular flexibility index (Phi) is 5.38. The van der Waals surface area contributed by atoms with Gasteiger partial charge < -0.3 is 10.5 Å². The molecule has 0 aliphatic carbocycles. The lowest BCUT2D eigenvalue weighted by atomic mass is 10.1. The molecule has 0 heterocycles. The molecule has 0 spiro atoms. The van der Waals surface area contributed by atoms with Crippen LogP contribution in [0.5, 0.6) is 0 Å². The van der Waals surface area contributed by atoms with Gasteiger partial charge >= 0.3 is 5.97 Å². The van der Waals surface area contributed by atoms with E-state index in [1.165, 1.54) is 7.11 Å². The Morgan fingerprint density at radius 2 is 2.29 bits per heavy atom. The zero-order chi connectivity index (χ0) is 12.8. The summed E-state index contributed by atoms with van der Waals surface area (Å²) in [6, 6.07) is 3.17. The van der Waals surface area contributed by atoms with E-state index in [0.717, 1.165) is 17.7 Å². The standard InChI is InChI=1S/C12H14ClNO2S/c1-16-12(15)9-6-8(4-2-3-5-17)10(13)7-11(9)14/h2,4,6-7,17H,3,5,14H2,1H3. The van der Waals surface area contributed by atoms with Gasteiger partial charge in [-0.15, -0.1) is 0 Å². The Morgan fingerprint density at radius 1 is 1.59 bits per heavy atom. The summed E-state index contributed by atoms with van der Waals surface area (Å²) in [4.78, 5) is 11.4. The van der Waals surface area contributed by atoms with Gasteiger partial charge in [0.1, 0.15) is 0 Å². The average Bonchev–Trinajstić information content (AvgIpc) is 2.31. The zero-order valence-electron chi connectivity index (χ0n) is 9.44. The SMILES string of the molecule is COC(=O)c1cc(C=CCCS)c(Cl)cc1N. The zero-order valence-corrected chi connectivity index (χ0v) is 11.1. The largest absolute Gasteiger partial charge is 0.465 e. The van der Waals surface area contributed by atoms with E-state index in [1.807, 2.05) is 12.2 Å². The molecule has 1 aromatic rings. The smallest absolute Gasteiger partial charge is 0.339 e. The molecule has 92 valence electrons. The lowest BCUT2D eigenvalue weighted by molar-refractivity contribution is 0.0602. The van der Waals surface area contributed by atoms with Crippen molar-refractivity contribution >= 4 is 42.0 Å². The second kappa shape index (κ2) is 6.57. The summed E-state index contributed by atoms with van der Waals surface area (Å²) in [6.45, 7) is 0. The fraction of sp³-hybridized carbons (Fsp3) is 0.250. The second-order valence-electron chi connectivity index (χ2n) is 3.37. The van der Waals surface area contributed by atoms with E-state index in [1.54, 1.807) is 12.1 Å². The number of rotatable bonds is 4. The number of allylic oxidation sites excluding steroid dienone is 1. The van der Waals surface area contributed by atoms with Crippen molar-refractivity contribution in [2.24, 2.45) is 0 Å². The molecule has 0 aromatic heterocycles. The first-order chi connectivity index (χ1) is 8.10. The quantitative estimate of drug-likeness (QED) is 0.503. The van der Waals surface area contributed by atoms with Gasteiger partial charge in [0.05, 0.1) is 12.7 Å². The molecule has 0 saturated carbocycles. The fourth-order valence-corrected chi connectivity index (χ4v) is 1.69. The van der Waals surface area contributed by atoms with Gasteiger partial charge in [-0.1, -0.05) is 23.8 Å². The van der Waals surface area contributed by atoms with Gasteiger partial charge in [0.25, 0.3) is 0 Å². The molecule has 2 N–H and O–H groups in total. The van der Waals surface area contributed by atoms with Gasteiger partial charge in [-0.3, -0.25) is 0 Å². The first-order valence-electron chi connectivity index (χ1n) is 5.05. The summed E-state index contributed by atoms with van der Waals surface area (Å²) in [7, 11) is 1.31. The Bertz CT molecular complexity index is 446. The minimum Gasteiger partial charge on any atom is -0.465 e. The van der Waals surface area contributed by atoms with Crippen LogP contribution in [0.1, 0.15) is 22.3 Å². The molecule has 0 atom stereocenters. The van der Waals surface area contributed by atoms with Gasteiger partial charge in [-0.05, 0) is 29.9 Å². The number of halogens is 1. The summed E-state index contributed by atoms with van der Waals surface area (Å²) >= 11 is 10.1. The van der Waals surface area contributed by atoms with E-state index >= 15 is 0 Å². The van der Waals surface area contributed by atoms with Crippen LogP contribution in [0.3, 0.4) is 0 Å². The number of hydrogen-bond donors (Lipinski definition) is 2. The second-order valence-corrected chi connectivity index (χ2v) is 4.22. The van der Waals surface area contributed by atoms with Crippen molar-refractivity contribution in [3.8, 4) is 0 Å². The van der Waals surface area contributed by atoms with Crippen LogP contribution in [0.2, 0.25) is 5.02 Å². The van der Waals surface area contributed by atoms with E-state index in [9.17, 15) is 4.79 Å². The highest BCUT2D eigenvalue weighted by Crippen LogP contribution is 2.25. The van der Waals surface area contributed by atoms with Crippen molar-refractivity contribution in [1.82, 2.24) is 0 Å². The third kappa shape index (κ3) is 3.68. The Hall–Kier alpha value is -1.13. The normalized spacial score (nSPS) is 10.8. The number of nitrogen functional groups attached to an aromatic ring is 1. The molecule has 0 unspecified atom stereocenters. The summed E-state index contributed by atoms with van der Waals surface area (Å²) in [5, 5.41) is 0.505. The highest BCUT2D eigenvalue weighted by atomic mass is 35.5. The predicted octanol–water partition coefficient (Wildman–Crippen LogP) is 3.04. The van der Waals surface area contributed by atoms with Crippen molar-refractivity contribution in [1.29, 1.82) is 0 Å². The summed E-state index contributed by atoms with van der Waals surface area (Å²) in [6.07, 6.45) is 4.60. The lowest BCUT2D eigenvalue weighted by Gasteiger charge is -2.06. The molecule has 0 amide bonds. The Morgan fingerprint density at radius 3 is 2.88 bits per heavy atom. The molecule has 5 heteroatoms. The minimum atomic E-state index is -0.469. The molecule has 0 saturated heterocycles. The van der Waals surface area contributed by atoms with Gasteiger partial charge in [0.2, 0.25) is 0 Å². The van der Waals surface area contributed by atoms with E-state index in [4.69, 9.17) is 17.3 Å². The molecule has 1 aromatic carbocycles. The number of carbonyl (C=O) groups is 1. The molecular formula is C12H14ClNO2S. The van der Waals surface area contributed by atoms with Crippen molar-refractivity contribution < 1.29 is 9.53 Å². The monoisotopic (exact) mass is 271 g/mol. The van der Waals surface area contributed by atoms with Crippen LogP contribution in [0, 0.1) is 0 Å². The molecule has 0 radical (unpaired) electrons. The van der Waals surface area contributed by atoms with Gasteiger partial charge in [0, 0.05) is 10.7 Å². The van der Waals surface area contributed by atoms with E-state index < -0.39 is 5.97 Å². The van der Waals surface area contributed by atoms with Crippen LogP contribution < -0.4 is 5.73 Å². The van der Waals surface area contributed by atoms with Crippen LogP contribution in [-0.2, 0) is 4.74 Å². The van der Waals surface area contributed by atoms with Crippen LogP contribution in [0.15, 0.2) is 18.2 Å². The predicted molar refractivity (Wildman–Crippen MR) is 74.7 cm³/mol. The molecule has 1 rings (SSSR count). The maximum atomic E-state index is 11.4. The van der Waals surface area contributed by atoms with E-state index in [0.29, 0.717) is 16.3 Å². The minimum absolute atomic E-state index is 0.313. The topological polar surface area (TPSA) is 52.3 Å². The summed E-state index contributed by atoms with van der Waals surface area (Å²) in [5.74, 6) is 0.287. The number of ether oxygens (including phenoxy) is 1. The van der Waals surface area contributed by atoms with Crippen molar-refractivity contribution in [2.45, 2.75) is 6.42 Å². The number of esters is 1. The highest BCUT2D eigenvalue weighted by Gasteiger charge is 2.12. The van der Waals surface area contributed by atoms with Gasteiger partial charge in [0.15, 0.2) is 0 Å². The number of hydrogen-bond acceptors (Lipinski definition) is 4. The molecule has 3 nitrogen and oxygen atoms in total. The fourth-order valence-electron chi connectivity index (χ4n) is 1.30. The number of carbonyl (C=O) groups excluding carboxylic acids is 1. The summed E-state index contributed by atoms with van der Waals surface area (Å²) < 4.78 is 4.64. The number of benzene rings is 1. The third-order valence-corrected chi connectivity index (χ3v) is 2.75. The van der Waals surface area contributed by atoms with Gasteiger partial charge in [-0.2, -0.15) is 12.6 Å². The van der Waals surface area contributed by atoms with E-state index in [2.05, 4.69) is 17.4 Å². The maximum absolute atomic E-state index is 11.4. The molecule has 17 heavy (non-hydrogen) atoms. The molecular weight excluding hydrogens is 258 g/mol. The molecule has 0 bridgehead atoms. The Labute approximate surface area is 111 Å². The van der Waals surface area contributed by atoms with Crippen LogP contribution >= 0.6 is 24.2 Å². The first kappa shape index (κ1) is 13.9. The molecule has 0 aliphatic rings. The number of methoxy groups -OCH3 is 1. The highest BCUT2D eigenvalue weighted by molar-refractivity contribution is 7.80. The van der Waals surface area contributed by atoms with Crippen LogP contribution in [0.4, 0.5) is 5.69 Å². The maximum Gasteiger partial charge on any atom is 0.339 e. The van der Waals surface area contributed by atoms with Crippen molar-refractivity contribution in [2.75, 3.05) is 18.6 Å². The third-order valence-electron chi connectivity index (χ3n) is 2.17. The van der Waals surface area contributed by atoms with E-state index in [-0.39, 0.29) is 0 Å². The summed E-state index contributed by atoms with van der Waals surface area (Å²) in [5.41, 5.74) is 7.07. The van der Waals surface area contributed by atoms with Crippen molar-refractivity contribution in [3.05, 3.63) is 34.4 Å². The average molecular weight is 272 g/mol. The first-order valence-corrected chi connectivity index (χ1v) is 6.06. The number of anilines is 1.